The molecule has 1 nitrogen and oxygen atoms in total. The predicted molar refractivity (Wildman–Crippen MR) is 48.3 cm³/mol. The third-order valence-corrected chi connectivity index (χ3v) is 1.04. The number of aldehydes is 1. The van der Waals surface area contributed by atoms with E-state index in [4.69, 9.17) is 4.79 Å². The first kappa shape index (κ1) is 9.63. The van der Waals surface area contributed by atoms with Crippen molar-refractivity contribution in [3.05, 3.63) is 42.5 Å². The van der Waals surface area contributed by atoms with Gasteiger partial charge in [-0.05, 0) is 12.5 Å². The maximum Gasteiger partial charge on any atom is 0.116 e. The quantitative estimate of drug-likeness (QED) is 0.559. The predicted octanol–water partition coefficient (Wildman–Crippen LogP) is 2.53. The molecule has 0 saturated carbocycles. The van der Waals surface area contributed by atoms with Crippen molar-refractivity contribution < 1.29 is 4.79 Å². The van der Waals surface area contributed by atoms with Crippen LogP contribution in [0.1, 0.15) is 12.5 Å². The molecule has 0 aliphatic rings. The highest BCUT2D eigenvalue weighted by atomic mass is 16.1. The van der Waals surface area contributed by atoms with Gasteiger partial charge < -0.3 is 4.79 Å². The van der Waals surface area contributed by atoms with Crippen LogP contribution in [0, 0.1) is 0 Å². The van der Waals surface area contributed by atoms with Crippen molar-refractivity contribution in [2.45, 2.75) is 6.92 Å². The van der Waals surface area contributed by atoms with Crippen molar-refractivity contribution in [1.29, 1.82) is 0 Å². The van der Waals surface area contributed by atoms with Crippen molar-refractivity contribution in [1.82, 2.24) is 0 Å². The first-order chi connectivity index (χ1) is 5.35. The Bertz CT molecular complexity index is 201. The molecule has 0 spiro atoms. The van der Waals surface area contributed by atoms with Gasteiger partial charge in [-0.1, -0.05) is 43.0 Å². The number of hydrogen-bond acceptors (Lipinski definition) is 1. The highest BCUT2D eigenvalue weighted by molar-refractivity contribution is 5.45. The summed E-state index contributed by atoms with van der Waals surface area (Å²) >= 11 is 0. The van der Waals surface area contributed by atoms with Crippen molar-refractivity contribution in [3.8, 4) is 0 Å². The van der Waals surface area contributed by atoms with Crippen molar-refractivity contribution in [2.24, 2.45) is 0 Å². The van der Waals surface area contributed by atoms with Crippen LogP contribution in [0.3, 0.4) is 0 Å². The van der Waals surface area contributed by atoms with E-state index in [9.17, 15) is 0 Å². The van der Waals surface area contributed by atoms with Crippen LogP contribution in [-0.2, 0) is 4.79 Å². The van der Waals surface area contributed by atoms with Gasteiger partial charge in [0.25, 0.3) is 0 Å². The minimum absolute atomic E-state index is 0.750. The Morgan fingerprint density at radius 2 is 1.73 bits per heavy atom. The molecule has 0 N–H and O–H groups in total. The molecule has 1 rings (SSSR count). The summed E-state index contributed by atoms with van der Waals surface area (Å²) in [7, 11) is 0. The molecule has 1 aromatic rings. The molecular formula is C10H12O. The number of rotatable bonds is 1. The second-order valence-corrected chi connectivity index (χ2v) is 1.85. The van der Waals surface area contributed by atoms with E-state index < -0.39 is 0 Å². The molecule has 0 aliphatic carbocycles. The molecule has 1 heteroatoms. The standard InChI is InChI=1S/C8H8.C2H4O/c1-2-8-6-4-3-5-7-8;1-2-3/h2-7H,1H2;2H,1H3. The van der Waals surface area contributed by atoms with E-state index >= 15 is 0 Å². The van der Waals surface area contributed by atoms with E-state index in [1.165, 1.54) is 12.5 Å². The lowest BCUT2D eigenvalue weighted by Crippen LogP contribution is -1.63. The van der Waals surface area contributed by atoms with Gasteiger partial charge in [-0.15, -0.1) is 0 Å². The topological polar surface area (TPSA) is 17.1 Å². The fourth-order valence-corrected chi connectivity index (χ4v) is 0.589. The van der Waals surface area contributed by atoms with Crippen LogP contribution in [0.4, 0.5) is 0 Å². The Hall–Kier alpha value is -1.37. The van der Waals surface area contributed by atoms with E-state index in [0.29, 0.717) is 0 Å². The maximum absolute atomic E-state index is 8.81. The summed E-state index contributed by atoms with van der Waals surface area (Å²) in [4.78, 5) is 8.81. The van der Waals surface area contributed by atoms with Gasteiger partial charge in [0.2, 0.25) is 0 Å². The lowest BCUT2D eigenvalue weighted by Gasteiger charge is -1.85. The Morgan fingerprint density at radius 3 is 2.00 bits per heavy atom. The SMILES string of the molecule is C=Cc1ccccc1.CC=O. The highest BCUT2D eigenvalue weighted by Crippen LogP contribution is 1.97. The zero-order valence-corrected chi connectivity index (χ0v) is 6.66. The third-order valence-electron chi connectivity index (χ3n) is 1.04. The Morgan fingerprint density at radius 1 is 1.27 bits per heavy atom. The van der Waals surface area contributed by atoms with Gasteiger partial charge in [0.15, 0.2) is 0 Å². The highest BCUT2D eigenvalue weighted by Gasteiger charge is 1.75. The lowest BCUT2D eigenvalue weighted by molar-refractivity contribution is -0.106. The average Bonchev–Trinajstić information content (AvgIpc) is 2.08. The zero-order chi connectivity index (χ0) is 8.53. The Labute approximate surface area is 67.4 Å². The number of carbonyl (C=O) groups is 1. The monoisotopic (exact) mass is 148 g/mol. The van der Waals surface area contributed by atoms with Crippen molar-refractivity contribution in [2.75, 3.05) is 0 Å². The molecular weight excluding hydrogens is 136 g/mol. The van der Waals surface area contributed by atoms with Gasteiger partial charge in [0, 0.05) is 0 Å². The van der Waals surface area contributed by atoms with Crippen LogP contribution < -0.4 is 0 Å². The minimum Gasteiger partial charge on any atom is -0.304 e. The van der Waals surface area contributed by atoms with Crippen LogP contribution in [0.25, 0.3) is 6.08 Å². The van der Waals surface area contributed by atoms with E-state index in [2.05, 4.69) is 6.58 Å². The zero-order valence-electron chi connectivity index (χ0n) is 6.66. The molecule has 0 saturated heterocycles. The van der Waals surface area contributed by atoms with Gasteiger partial charge in [-0.3, -0.25) is 0 Å². The second-order valence-electron chi connectivity index (χ2n) is 1.85. The molecule has 0 aliphatic heterocycles. The van der Waals surface area contributed by atoms with Gasteiger partial charge >= 0.3 is 0 Å². The summed E-state index contributed by atoms with van der Waals surface area (Å²) in [6.07, 6.45) is 2.58. The Kier molecular flexibility index (Phi) is 5.91. The lowest BCUT2D eigenvalue weighted by atomic mass is 10.2. The molecule has 58 valence electrons. The minimum atomic E-state index is 0.750. The van der Waals surface area contributed by atoms with Crippen molar-refractivity contribution in [3.63, 3.8) is 0 Å². The molecule has 0 bridgehead atoms. The van der Waals surface area contributed by atoms with Gasteiger partial charge in [0.05, 0.1) is 0 Å². The molecule has 0 atom stereocenters. The largest absolute Gasteiger partial charge is 0.304 e. The van der Waals surface area contributed by atoms with Crippen molar-refractivity contribution >= 4 is 12.4 Å². The van der Waals surface area contributed by atoms with Crippen LogP contribution in [0.15, 0.2) is 36.9 Å². The summed E-state index contributed by atoms with van der Waals surface area (Å²) in [6, 6.07) is 10.0. The molecule has 0 unspecified atom stereocenters. The van der Waals surface area contributed by atoms with Crippen LogP contribution in [0.5, 0.6) is 0 Å². The summed E-state index contributed by atoms with van der Waals surface area (Å²) in [5.41, 5.74) is 1.17. The average molecular weight is 148 g/mol. The Balaban J connectivity index is 0.000000292. The fraction of sp³-hybridized carbons (Fsp3) is 0.100. The van der Waals surface area contributed by atoms with Gasteiger partial charge in [-0.25, -0.2) is 0 Å². The summed E-state index contributed by atoms with van der Waals surface area (Å²) in [6.45, 7) is 5.08. The second kappa shape index (κ2) is 6.75. The molecule has 0 fully saturated rings. The first-order valence-corrected chi connectivity index (χ1v) is 3.42. The summed E-state index contributed by atoms with van der Waals surface area (Å²) in [5, 5.41) is 0. The smallest absolute Gasteiger partial charge is 0.116 e. The molecule has 0 aromatic heterocycles. The molecule has 11 heavy (non-hydrogen) atoms. The van der Waals surface area contributed by atoms with Crippen LogP contribution in [-0.4, -0.2) is 6.29 Å². The van der Waals surface area contributed by atoms with E-state index in [-0.39, 0.29) is 0 Å². The van der Waals surface area contributed by atoms with Gasteiger partial charge in [-0.2, -0.15) is 0 Å². The third kappa shape index (κ3) is 5.09. The van der Waals surface area contributed by atoms with Gasteiger partial charge in [0.1, 0.15) is 6.29 Å². The number of carbonyl (C=O) groups excluding carboxylic acids is 1. The van der Waals surface area contributed by atoms with E-state index in [1.807, 2.05) is 36.4 Å². The number of benzene rings is 1. The van der Waals surface area contributed by atoms with Crippen LogP contribution >= 0.6 is 0 Å². The first-order valence-electron chi connectivity index (χ1n) is 3.42. The fourth-order valence-electron chi connectivity index (χ4n) is 0.589. The van der Waals surface area contributed by atoms with E-state index in [0.717, 1.165) is 6.29 Å². The molecule has 0 radical (unpaired) electrons. The summed E-state index contributed by atoms with van der Waals surface area (Å²) < 4.78 is 0. The summed E-state index contributed by atoms with van der Waals surface area (Å²) in [5.74, 6) is 0. The molecule has 0 amide bonds. The van der Waals surface area contributed by atoms with E-state index in [1.54, 1.807) is 0 Å². The molecule has 1 aromatic carbocycles. The van der Waals surface area contributed by atoms with Crippen LogP contribution in [0.2, 0.25) is 0 Å². The molecule has 0 heterocycles. The normalized spacial score (nSPS) is 7.36. The maximum atomic E-state index is 8.81. The number of hydrogen-bond donors (Lipinski definition) is 0.